The number of hydrogen-bond acceptors (Lipinski definition) is 6. The van der Waals surface area contributed by atoms with E-state index in [0.717, 1.165) is 14.9 Å². The van der Waals surface area contributed by atoms with Crippen LogP contribution in [0.1, 0.15) is 18.1 Å². The number of imide groups is 1. The van der Waals surface area contributed by atoms with E-state index in [9.17, 15) is 18.8 Å². The molecule has 0 atom stereocenters. The van der Waals surface area contributed by atoms with Crippen LogP contribution in [0.4, 0.5) is 14.9 Å². The molecule has 0 saturated carbocycles. The average molecular weight is 620 g/mol. The Hall–Kier alpha value is -3.34. The van der Waals surface area contributed by atoms with Crippen LogP contribution in [-0.4, -0.2) is 35.1 Å². The quantitative estimate of drug-likeness (QED) is 0.263. The highest BCUT2D eigenvalue weighted by molar-refractivity contribution is 9.10. The summed E-state index contributed by atoms with van der Waals surface area (Å²) in [6.07, 6.45) is 1.51. The fourth-order valence-corrected chi connectivity index (χ4v) is 4.85. The van der Waals surface area contributed by atoms with Gasteiger partial charge in [-0.15, -0.1) is 0 Å². The van der Waals surface area contributed by atoms with Crippen LogP contribution in [0.3, 0.4) is 0 Å². The Morgan fingerprint density at radius 1 is 1.11 bits per heavy atom. The minimum atomic E-state index is -0.612. The zero-order chi connectivity index (χ0) is 27.2. The lowest BCUT2D eigenvalue weighted by atomic mass is 10.1. The predicted molar refractivity (Wildman–Crippen MR) is 149 cm³/mol. The largest absolute Gasteiger partial charge is 0.490 e. The summed E-state index contributed by atoms with van der Waals surface area (Å²) < 4.78 is 25.7. The van der Waals surface area contributed by atoms with Crippen LogP contribution in [0.15, 0.2) is 70.0 Å². The van der Waals surface area contributed by atoms with E-state index in [4.69, 9.17) is 21.1 Å². The fourth-order valence-electron chi connectivity index (χ4n) is 3.48. The van der Waals surface area contributed by atoms with Crippen molar-refractivity contribution in [3.05, 3.63) is 92.0 Å². The second-order valence-electron chi connectivity index (χ2n) is 8.00. The maximum Gasteiger partial charge on any atom is 0.294 e. The molecule has 3 amide bonds. The number of nitrogens with one attached hydrogen (secondary N) is 1. The van der Waals surface area contributed by atoms with Gasteiger partial charge in [0.15, 0.2) is 11.5 Å². The fraction of sp³-hybridized carbons (Fsp3) is 0.148. The van der Waals surface area contributed by atoms with Crippen LogP contribution in [0.25, 0.3) is 6.08 Å². The van der Waals surface area contributed by atoms with E-state index in [0.29, 0.717) is 41.1 Å². The lowest BCUT2D eigenvalue weighted by molar-refractivity contribution is -0.127. The zero-order valence-electron chi connectivity index (χ0n) is 20.0. The Kier molecular flexibility index (Phi) is 9.09. The summed E-state index contributed by atoms with van der Waals surface area (Å²) in [5, 5.41) is 2.23. The number of carbonyl (C=O) groups is 3. The van der Waals surface area contributed by atoms with E-state index in [2.05, 4.69) is 21.2 Å². The summed E-state index contributed by atoms with van der Waals surface area (Å²) in [5.74, 6) is -0.899. The molecule has 7 nitrogen and oxygen atoms in total. The number of hydrogen-bond donors (Lipinski definition) is 1. The third-order valence-electron chi connectivity index (χ3n) is 5.23. The number of ether oxygens (including phenoxy) is 2. The van der Waals surface area contributed by atoms with Crippen molar-refractivity contribution in [2.75, 3.05) is 18.5 Å². The molecule has 0 aromatic heterocycles. The van der Waals surface area contributed by atoms with Crippen LogP contribution in [0, 0.1) is 5.82 Å². The van der Waals surface area contributed by atoms with Gasteiger partial charge < -0.3 is 14.8 Å². The van der Waals surface area contributed by atoms with Crippen molar-refractivity contribution in [2.45, 2.75) is 13.5 Å². The van der Waals surface area contributed by atoms with Crippen molar-refractivity contribution in [1.82, 2.24) is 4.90 Å². The number of thioether (sulfide) groups is 1. The molecule has 11 heteroatoms. The van der Waals surface area contributed by atoms with Gasteiger partial charge in [0.1, 0.15) is 19.0 Å². The summed E-state index contributed by atoms with van der Waals surface area (Å²) in [7, 11) is 0. The van der Waals surface area contributed by atoms with Crippen LogP contribution in [-0.2, 0) is 16.2 Å². The van der Waals surface area contributed by atoms with Crippen molar-refractivity contribution in [3.63, 3.8) is 0 Å². The third-order valence-corrected chi connectivity index (χ3v) is 6.95. The van der Waals surface area contributed by atoms with Crippen molar-refractivity contribution in [3.8, 4) is 11.5 Å². The Morgan fingerprint density at radius 2 is 1.82 bits per heavy atom. The van der Waals surface area contributed by atoms with Crippen LogP contribution < -0.4 is 14.8 Å². The molecule has 1 saturated heterocycles. The molecule has 1 aliphatic heterocycles. The second kappa shape index (κ2) is 12.5. The first kappa shape index (κ1) is 27.7. The van der Waals surface area contributed by atoms with Gasteiger partial charge in [0.25, 0.3) is 11.1 Å². The van der Waals surface area contributed by atoms with Gasteiger partial charge >= 0.3 is 0 Å². The van der Waals surface area contributed by atoms with Gasteiger partial charge in [0, 0.05) is 10.2 Å². The summed E-state index contributed by atoms with van der Waals surface area (Å²) in [6, 6.07) is 16.1. The Labute approximate surface area is 236 Å². The van der Waals surface area contributed by atoms with Crippen molar-refractivity contribution in [1.29, 1.82) is 0 Å². The summed E-state index contributed by atoms with van der Waals surface area (Å²) >= 11 is 10.6. The number of rotatable bonds is 9. The second-order valence-corrected chi connectivity index (χ2v) is 10.3. The average Bonchev–Trinajstić information content (AvgIpc) is 3.13. The van der Waals surface area contributed by atoms with Gasteiger partial charge in [0.2, 0.25) is 5.91 Å². The SMILES string of the molecule is CCOc1cc(/C=C2\SC(=O)N(CC(=O)Nc3ccc(F)cc3)C2=O)cc(Cl)c1OCc1ccc(Br)cc1. The molecule has 0 spiro atoms. The Morgan fingerprint density at radius 3 is 2.50 bits per heavy atom. The molecule has 4 rings (SSSR count). The summed E-state index contributed by atoms with van der Waals surface area (Å²) in [5.41, 5.74) is 1.81. The molecule has 1 fully saturated rings. The number of nitrogens with zero attached hydrogens (tertiary/aromatic N) is 1. The topological polar surface area (TPSA) is 84.9 Å². The normalized spacial score (nSPS) is 14.2. The standard InChI is InChI=1S/C27H21BrClFN2O5S/c1-2-36-22-12-17(11-21(29)25(22)37-15-16-3-5-18(28)6-4-16)13-23-26(34)32(27(35)38-23)14-24(33)31-20-9-7-19(30)8-10-20/h3-13H,2,14-15H2,1H3,(H,31,33)/b23-13-. The van der Waals surface area contributed by atoms with Gasteiger partial charge in [0.05, 0.1) is 16.5 Å². The first-order valence-corrected chi connectivity index (χ1v) is 13.4. The first-order valence-electron chi connectivity index (χ1n) is 11.4. The minimum absolute atomic E-state index is 0.131. The number of benzene rings is 3. The monoisotopic (exact) mass is 618 g/mol. The number of carbonyl (C=O) groups excluding carboxylic acids is 3. The van der Waals surface area contributed by atoms with Crippen molar-refractivity contribution < 1.29 is 28.2 Å². The molecule has 0 radical (unpaired) electrons. The van der Waals surface area contributed by atoms with Crippen LogP contribution in [0.5, 0.6) is 11.5 Å². The lowest BCUT2D eigenvalue weighted by Gasteiger charge is -2.15. The molecule has 1 N–H and O–H groups in total. The Balaban J connectivity index is 1.48. The maximum atomic E-state index is 13.1. The number of halogens is 3. The molecule has 3 aromatic rings. The van der Waals surface area contributed by atoms with E-state index in [1.54, 1.807) is 12.1 Å². The highest BCUT2D eigenvalue weighted by Crippen LogP contribution is 2.39. The smallest absolute Gasteiger partial charge is 0.294 e. The number of amides is 3. The predicted octanol–water partition coefficient (Wildman–Crippen LogP) is 6.89. The van der Waals surface area contributed by atoms with E-state index in [1.165, 1.54) is 30.3 Å². The molecular formula is C27H21BrClFN2O5S. The van der Waals surface area contributed by atoms with Crippen LogP contribution >= 0.6 is 39.3 Å². The Bertz CT molecular complexity index is 1400. The first-order chi connectivity index (χ1) is 18.2. The van der Waals surface area contributed by atoms with Gasteiger partial charge in [-0.1, -0.05) is 39.7 Å². The van der Waals surface area contributed by atoms with Crippen molar-refractivity contribution >= 4 is 68.1 Å². The summed E-state index contributed by atoms with van der Waals surface area (Å²) in [6.45, 7) is 1.97. The third kappa shape index (κ3) is 6.94. The zero-order valence-corrected chi connectivity index (χ0v) is 23.2. The lowest BCUT2D eigenvalue weighted by Crippen LogP contribution is -2.36. The van der Waals surface area contributed by atoms with Crippen molar-refractivity contribution in [2.24, 2.45) is 0 Å². The van der Waals surface area contributed by atoms with Gasteiger partial charge in [-0.05, 0) is 84.4 Å². The molecule has 0 bridgehead atoms. The molecule has 1 aliphatic rings. The van der Waals surface area contributed by atoms with Crippen LogP contribution in [0.2, 0.25) is 5.02 Å². The summed E-state index contributed by atoms with van der Waals surface area (Å²) in [4.78, 5) is 38.7. The van der Waals surface area contributed by atoms with Gasteiger partial charge in [-0.3, -0.25) is 19.3 Å². The molecule has 196 valence electrons. The maximum absolute atomic E-state index is 13.1. The minimum Gasteiger partial charge on any atom is -0.490 e. The van der Waals surface area contributed by atoms with E-state index in [-0.39, 0.29) is 16.5 Å². The highest BCUT2D eigenvalue weighted by Gasteiger charge is 2.36. The molecule has 0 aliphatic carbocycles. The van der Waals surface area contributed by atoms with E-state index in [1.807, 2.05) is 31.2 Å². The molecule has 3 aromatic carbocycles. The number of anilines is 1. The highest BCUT2D eigenvalue weighted by atomic mass is 79.9. The van der Waals surface area contributed by atoms with E-state index < -0.39 is 29.4 Å². The van der Waals surface area contributed by atoms with Gasteiger partial charge in [-0.2, -0.15) is 0 Å². The molecular weight excluding hydrogens is 599 g/mol. The van der Waals surface area contributed by atoms with E-state index >= 15 is 0 Å². The molecule has 0 unspecified atom stereocenters. The molecule has 1 heterocycles. The van der Waals surface area contributed by atoms with Gasteiger partial charge in [-0.25, -0.2) is 4.39 Å². The molecule has 38 heavy (non-hydrogen) atoms.